The zero-order chi connectivity index (χ0) is 8.10. The molecule has 0 spiro atoms. The quantitative estimate of drug-likeness (QED) is 0.563. The molecule has 0 saturated heterocycles. The van der Waals surface area contributed by atoms with Crippen molar-refractivity contribution in [2.75, 3.05) is 0 Å². The summed E-state index contributed by atoms with van der Waals surface area (Å²) in [6, 6.07) is 9.44. The van der Waals surface area contributed by atoms with Gasteiger partial charge in [0, 0.05) is 11.9 Å². The Morgan fingerprint density at radius 1 is 1.18 bits per heavy atom. The summed E-state index contributed by atoms with van der Waals surface area (Å²) >= 11 is 0. The van der Waals surface area contributed by atoms with Crippen LogP contribution in [0.1, 0.15) is 5.56 Å². The minimum atomic E-state index is -0.0486. The average Bonchev–Trinajstić information content (AvgIpc) is 2.03. The van der Waals surface area contributed by atoms with Gasteiger partial charge in [-0.25, -0.2) is 5.43 Å². The average molecular weight is 154 g/mol. The molecule has 0 amide bonds. The molecule has 1 aromatic carbocycles. The van der Waals surface area contributed by atoms with Crippen LogP contribution >= 0.6 is 0 Å². The molecule has 0 unspecified atom stereocenters. The summed E-state index contributed by atoms with van der Waals surface area (Å²) in [5, 5.41) is 16.5. The van der Waals surface area contributed by atoms with Crippen molar-refractivity contribution in [2.24, 2.45) is 0 Å². The van der Waals surface area contributed by atoms with Crippen molar-refractivity contribution >= 4 is 0 Å². The van der Waals surface area contributed by atoms with Gasteiger partial charge in [-0.15, -0.1) is 0 Å². The summed E-state index contributed by atoms with van der Waals surface area (Å²) in [4.78, 5) is 0. The van der Waals surface area contributed by atoms with Gasteiger partial charge in [0.1, 0.15) is 0 Å². The molecule has 0 aromatic heterocycles. The molecule has 0 heterocycles. The lowest BCUT2D eigenvalue weighted by atomic mass is 10.2. The Bertz CT molecular complexity index is 201. The fraction of sp³-hybridized carbons (Fsp3) is 0.143. The predicted octanol–water partition coefficient (Wildman–Crippen LogP) is 0.772. The second kappa shape index (κ2) is 4.05. The number of nitrogens with one attached hydrogen (secondary N) is 1. The maximum absolute atomic E-state index is 8.29. The molecule has 4 heteroatoms. The van der Waals surface area contributed by atoms with E-state index in [-0.39, 0.29) is 5.34 Å². The number of nitrogens with zero attached hydrogens (tertiary/aromatic N) is 1. The summed E-state index contributed by atoms with van der Waals surface area (Å²) in [5.74, 6) is 0. The zero-order valence-corrected chi connectivity index (χ0v) is 5.94. The number of benzene rings is 1. The minimum Gasteiger partial charge on any atom is -0.276 e. The highest BCUT2D eigenvalue weighted by Gasteiger charge is 1.92. The largest absolute Gasteiger partial charge is 0.276 e. The van der Waals surface area contributed by atoms with Crippen LogP contribution in [0.25, 0.3) is 0 Å². The van der Waals surface area contributed by atoms with Crippen LogP contribution in [0.4, 0.5) is 0 Å². The fourth-order valence-corrected chi connectivity index (χ4v) is 0.758. The molecule has 11 heavy (non-hydrogen) atoms. The third-order valence-corrected chi connectivity index (χ3v) is 1.27. The van der Waals surface area contributed by atoms with Crippen molar-refractivity contribution in [1.29, 1.82) is 0 Å². The molecule has 0 radical (unpaired) electrons. The number of hydrazine groups is 1. The molecule has 0 aliphatic rings. The summed E-state index contributed by atoms with van der Waals surface area (Å²) in [6.07, 6.45) is 0. The SMILES string of the molecule is ON(O)NCc1ccccc1. The highest BCUT2D eigenvalue weighted by Crippen LogP contribution is 1.96. The monoisotopic (exact) mass is 154 g/mol. The molecule has 1 aromatic rings. The van der Waals surface area contributed by atoms with Gasteiger partial charge < -0.3 is 0 Å². The first-order chi connectivity index (χ1) is 5.29. The van der Waals surface area contributed by atoms with E-state index in [1.54, 1.807) is 0 Å². The van der Waals surface area contributed by atoms with Gasteiger partial charge in [-0.3, -0.25) is 10.4 Å². The van der Waals surface area contributed by atoms with E-state index in [2.05, 4.69) is 5.43 Å². The van der Waals surface area contributed by atoms with Gasteiger partial charge in [-0.2, -0.15) is 0 Å². The van der Waals surface area contributed by atoms with Crippen LogP contribution in [0.5, 0.6) is 0 Å². The molecule has 0 saturated carbocycles. The van der Waals surface area contributed by atoms with Gasteiger partial charge in [0.05, 0.1) is 0 Å². The first-order valence-electron chi connectivity index (χ1n) is 3.24. The Kier molecular flexibility index (Phi) is 3.00. The van der Waals surface area contributed by atoms with E-state index in [4.69, 9.17) is 10.4 Å². The maximum Gasteiger partial charge on any atom is 0.0398 e. The van der Waals surface area contributed by atoms with E-state index in [1.165, 1.54) is 0 Å². The summed E-state index contributed by atoms with van der Waals surface area (Å²) in [6.45, 7) is 0.397. The Labute approximate surface area is 64.6 Å². The zero-order valence-electron chi connectivity index (χ0n) is 5.94. The molecule has 0 aliphatic heterocycles. The molecule has 0 atom stereocenters. The molecule has 3 N–H and O–H groups in total. The van der Waals surface area contributed by atoms with E-state index in [1.807, 2.05) is 30.3 Å². The lowest BCUT2D eigenvalue weighted by Crippen LogP contribution is -2.30. The fourth-order valence-electron chi connectivity index (χ4n) is 0.758. The Morgan fingerprint density at radius 3 is 2.36 bits per heavy atom. The van der Waals surface area contributed by atoms with E-state index >= 15 is 0 Å². The number of hydrogen-bond donors (Lipinski definition) is 3. The van der Waals surface area contributed by atoms with Crippen molar-refractivity contribution in [2.45, 2.75) is 6.54 Å². The van der Waals surface area contributed by atoms with Crippen LogP contribution in [-0.2, 0) is 6.54 Å². The Morgan fingerprint density at radius 2 is 1.82 bits per heavy atom. The highest BCUT2D eigenvalue weighted by molar-refractivity contribution is 5.13. The minimum absolute atomic E-state index is 0.0486. The van der Waals surface area contributed by atoms with Gasteiger partial charge in [0.2, 0.25) is 0 Å². The van der Waals surface area contributed by atoms with Crippen LogP contribution < -0.4 is 5.43 Å². The molecule has 0 aliphatic carbocycles. The molecular weight excluding hydrogens is 144 g/mol. The second-order valence-corrected chi connectivity index (χ2v) is 2.11. The molecule has 0 bridgehead atoms. The van der Waals surface area contributed by atoms with E-state index in [0.717, 1.165) is 5.56 Å². The van der Waals surface area contributed by atoms with Gasteiger partial charge in [0.15, 0.2) is 0 Å². The van der Waals surface area contributed by atoms with Gasteiger partial charge in [0.25, 0.3) is 0 Å². The standard InChI is InChI=1S/C7H10N2O2/c10-9(11)8-6-7-4-2-1-3-5-7/h1-5,8,10-11H,6H2. The number of rotatable bonds is 3. The van der Waals surface area contributed by atoms with Gasteiger partial charge in [-0.1, -0.05) is 30.3 Å². The van der Waals surface area contributed by atoms with Crippen molar-refractivity contribution in [3.63, 3.8) is 0 Å². The lowest BCUT2D eigenvalue weighted by molar-refractivity contribution is -0.343. The van der Waals surface area contributed by atoms with E-state index < -0.39 is 0 Å². The maximum atomic E-state index is 8.29. The highest BCUT2D eigenvalue weighted by atomic mass is 16.8. The normalized spacial score (nSPS) is 10.5. The first kappa shape index (κ1) is 8.16. The van der Waals surface area contributed by atoms with Crippen LogP contribution in [0.15, 0.2) is 30.3 Å². The van der Waals surface area contributed by atoms with Crippen LogP contribution in [-0.4, -0.2) is 15.8 Å². The van der Waals surface area contributed by atoms with E-state index in [9.17, 15) is 0 Å². The second-order valence-electron chi connectivity index (χ2n) is 2.11. The van der Waals surface area contributed by atoms with Crippen LogP contribution in [0, 0.1) is 0 Å². The Balaban J connectivity index is 2.39. The van der Waals surface area contributed by atoms with Crippen molar-refractivity contribution in [3.05, 3.63) is 35.9 Å². The van der Waals surface area contributed by atoms with Crippen LogP contribution in [0.2, 0.25) is 0 Å². The summed E-state index contributed by atoms with van der Waals surface area (Å²) in [5.41, 5.74) is 3.29. The molecule has 60 valence electrons. The summed E-state index contributed by atoms with van der Waals surface area (Å²) < 4.78 is 0. The van der Waals surface area contributed by atoms with E-state index in [0.29, 0.717) is 6.54 Å². The molecular formula is C7H10N2O2. The van der Waals surface area contributed by atoms with Gasteiger partial charge in [-0.05, 0) is 5.56 Å². The summed E-state index contributed by atoms with van der Waals surface area (Å²) in [7, 11) is 0. The molecule has 4 nitrogen and oxygen atoms in total. The lowest BCUT2D eigenvalue weighted by Gasteiger charge is -2.06. The smallest absolute Gasteiger partial charge is 0.0398 e. The number of hydrogen-bond acceptors (Lipinski definition) is 4. The first-order valence-corrected chi connectivity index (χ1v) is 3.24. The Hall–Kier alpha value is -0.940. The topological polar surface area (TPSA) is 55.7 Å². The van der Waals surface area contributed by atoms with Gasteiger partial charge >= 0.3 is 0 Å². The molecule has 1 rings (SSSR count). The molecule has 0 fully saturated rings. The third kappa shape index (κ3) is 3.10. The van der Waals surface area contributed by atoms with Crippen LogP contribution in [0.3, 0.4) is 0 Å². The third-order valence-electron chi connectivity index (χ3n) is 1.27. The van der Waals surface area contributed by atoms with Crippen molar-refractivity contribution < 1.29 is 10.4 Å². The van der Waals surface area contributed by atoms with Crippen molar-refractivity contribution in [3.8, 4) is 0 Å². The predicted molar refractivity (Wildman–Crippen MR) is 38.7 cm³/mol. The van der Waals surface area contributed by atoms with Crippen molar-refractivity contribution in [1.82, 2.24) is 10.8 Å².